The van der Waals surface area contributed by atoms with Crippen molar-refractivity contribution in [3.63, 3.8) is 0 Å². The van der Waals surface area contributed by atoms with Crippen molar-refractivity contribution in [1.29, 1.82) is 0 Å². The topological polar surface area (TPSA) is 111 Å². The second kappa shape index (κ2) is 5.75. The van der Waals surface area contributed by atoms with Gasteiger partial charge in [-0.25, -0.2) is 4.79 Å². The van der Waals surface area contributed by atoms with Gasteiger partial charge in [-0.05, 0) is 24.5 Å². The number of aromatic nitrogens is 1. The summed E-state index contributed by atoms with van der Waals surface area (Å²) in [6.07, 6.45) is -0.0944. The Morgan fingerprint density at radius 3 is 2.50 bits per heavy atom. The molecule has 0 fully saturated rings. The quantitative estimate of drug-likeness (QED) is 0.635. The minimum Gasteiger partial charge on any atom is -0.481 e. The lowest BCUT2D eigenvalue weighted by molar-refractivity contribution is -0.150. The van der Waals surface area contributed by atoms with E-state index in [4.69, 9.17) is 10.2 Å². The van der Waals surface area contributed by atoms with Gasteiger partial charge in [-0.1, -0.05) is 18.2 Å². The smallest absolute Gasteiger partial charge is 0.332 e. The van der Waals surface area contributed by atoms with Crippen LogP contribution in [0.5, 0.6) is 0 Å². The van der Waals surface area contributed by atoms with Crippen molar-refractivity contribution >= 4 is 22.8 Å². The monoisotopic (exact) mass is 277 g/mol. The fourth-order valence-electron chi connectivity index (χ4n) is 2.21. The maximum absolute atomic E-state index is 11.2. The van der Waals surface area contributed by atoms with Crippen LogP contribution in [0.15, 0.2) is 30.5 Å². The van der Waals surface area contributed by atoms with Crippen LogP contribution in [0.2, 0.25) is 0 Å². The zero-order chi connectivity index (χ0) is 14.7. The molecule has 0 spiro atoms. The van der Waals surface area contributed by atoms with Gasteiger partial charge in [-0.2, -0.15) is 0 Å². The molecule has 4 N–H and O–H groups in total. The van der Waals surface area contributed by atoms with Crippen LogP contribution in [-0.2, 0) is 16.0 Å². The highest BCUT2D eigenvalue weighted by Crippen LogP contribution is 2.23. The number of fused-ring (bicyclic) bond motifs is 1. The summed E-state index contributed by atoms with van der Waals surface area (Å²) in [5, 5.41) is 28.0. The normalized spacial score (nSPS) is 14.1. The van der Waals surface area contributed by atoms with Gasteiger partial charge in [0.25, 0.3) is 0 Å². The number of para-hydroxylation sites is 1. The second-order valence-electron chi connectivity index (χ2n) is 4.69. The van der Waals surface area contributed by atoms with Crippen molar-refractivity contribution in [2.75, 3.05) is 0 Å². The Kier molecular flexibility index (Phi) is 4.05. The van der Waals surface area contributed by atoms with Gasteiger partial charge in [-0.15, -0.1) is 0 Å². The molecule has 0 saturated heterocycles. The van der Waals surface area contributed by atoms with Crippen LogP contribution in [0, 0.1) is 5.92 Å². The molecule has 6 heteroatoms. The number of aromatic amines is 1. The third-order valence-corrected chi connectivity index (χ3v) is 3.28. The van der Waals surface area contributed by atoms with E-state index in [1.165, 1.54) is 0 Å². The summed E-state index contributed by atoms with van der Waals surface area (Å²) in [4.78, 5) is 24.9. The van der Waals surface area contributed by atoms with E-state index in [1.807, 2.05) is 24.3 Å². The molecule has 0 aliphatic carbocycles. The van der Waals surface area contributed by atoms with Crippen LogP contribution >= 0.6 is 0 Å². The summed E-state index contributed by atoms with van der Waals surface area (Å²) < 4.78 is 0. The molecule has 0 aliphatic heterocycles. The molecule has 0 bridgehead atoms. The van der Waals surface area contributed by atoms with Crippen LogP contribution in [0.1, 0.15) is 12.0 Å². The number of aliphatic hydroxyl groups is 1. The predicted molar refractivity (Wildman–Crippen MR) is 71.4 cm³/mol. The summed E-state index contributed by atoms with van der Waals surface area (Å²) >= 11 is 0. The Morgan fingerprint density at radius 1 is 1.15 bits per heavy atom. The summed E-state index contributed by atoms with van der Waals surface area (Å²) in [5.41, 5.74) is 1.69. The first-order chi connectivity index (χ1) is 9.49. The van der Waals surface area contributed by atoms with E-state index in [0.717, 1.165) is 16.5 Å². The number of aliphatic carboxylic acids is 2. The van der Waals surface area contributed by atoms with E-state index in [0.29, 0.717) is 0 Å². The first kappa shape index (κ1) is 14.1. The number of aliphatic hydroxyl groups excluding tert-OH is 1. The molecule has 1 aromatic heterocycles. The Bertz CT molecular complexity index is 633. The molecule has 6 nitrogen and oxygen atoms in total. The lowest BCUT2D eigenvalue weighted by Crippen LogP contribution is -2.28. The second-order valence-corrected chi connectivity index (χ2v) is 4.69. The van der Waals surface area contributed by atoms with E-state index < -0.39 is 24.0 Å². The molecule has 2 rings (SSSR count). The van der Waals surface area contributed by atoms with Gasteiger partial charge in [-0.3, -0.25) is 4.79 Å². The number of benzene rings is 1. The average molecular weight is 277 g/mol. The largest absolute Gasteiger partial charge is 0.481 e. The molecule has 106 valence electrons. The minimum absolute atomic E-state index is 0.170. The molecule has 0 radical (unpaired) electrons. The third kappa shape index (κ3) is 2.97. The standard InChI is InChI=1S/C14H15NO5/c16-12(14(19)20)6-8(13(17)18)5-9-7-15-11-4-2-1-3-10(9)11/h1-4,7-8,12,15-16H,5-6H2,(H,17,18)(H,19,20). The van der Waals surface area contributed by atoms with Crippen molar-refractivity contribution in [1.82, 2.24) is 4.98 Å². The highest BCUT2D eigenvalue weighted by Gasteiger charge is 2.26. The molecule has 2 aromatic rings. The van der Waals surface area contributed by atoms with E-state index >= 15 is 0 Å². The molecule has 1 aromatic carbocycles. The first-order valence-corrected chi connectivity index (χ1v) is 6.17. The summed E-state index contributed by atoms with van der Waals surface area (Å²) in [6, 6.07) is 7.46. The molecular weight excluding hydrogens is 262 g/mol. The van der Waals surface area contributed by atoms with Crippen LogP contribution < -0.4 is 0 Å². The SMILES string of the molecule is O=C(O)C(O)CC(Cc1c[nH]c2ccccc12)C(=O)O. The number of carboxylic acid groups (broad SMARTS) is 2. The first-order valence-electron chi connectivity index (χ1n) is 6.17. The molecule has 2 unspecified atom stereocenters. The van der Waals surface area contributed by atoms with E-state index in [1.54, 1.807) is 6.20 Å². The maximum Gasteiger partial charge on any atom is 0.332 e. The molecule has 0 saturated carbocycles. The number of nitrogens with one attached hydrogen (secondary N) is 1. The fourth-order valence-corrected chi connectivity index (χ4v) is 2.21. The maximum atomic E-state index is 11.2. The van der Waals surface area contributed by atoms with Crippen molar-refractivity contribution in [3.05, 3.63) is 36.0 Å². The van der Waals surface area contributed by atoms with Gasteiger partial charge in [0, 0.05) is 17.1 Å². The molecule has 20 heavy (non-hydrogen) atoms. The van der Waals surface area contributed by atoms with Gasteiger partial charge in [0.05, 0.1) is 5.92 Å². The van der Waals surface area contributed by atoms with E-state index in [2.05, 4.69) is 4.98 Å². The minimum atomic E-state index is -1.67. The highest BCUT2D eigenvalue weighted by molar-refractivity contribution is 5.84. The average Bonchev–Trinajstić information content (AvgIpc) is 2.81. The number of carbonyl (C=O) groups is 2. The predicted octanol–water partition coefficient (Wildman–Crippen LogP) is 1.25. The van der Waals surface area contributed by atoms with Crippen molar-refractivity contribution < 1.29 is 24.9 Å². The van der Waals surface area contributed by atoms with Gasteiger partial charge in [0.2, 0.25) is 0 Å². The molecule has 0 amide bonds. The summed E-state index contributed by atoms with van der Waals surface area (Å²) in [6.45, 7) is 0. The van der Waals surface area contributed by atoms with Crippen LogP contribution in [-0.4, -0.2) is 38.3 Å². The highest BCUT2D eigenvalue weighted by atomic mass is 16.4. The van der Waals surface area contributed by atoms with Crippen molar-refractivity contribution in [2.45, 2.75) is 18.9 Å². The summed E-state index contributed by atoms with van der Waals surface area (Å²) in [5.74, 6) is -3.47. The zero-order valence-corrected chi connectivity index (χ0v) is 10.6. The lowest BCUT2D eigenvalue weighted by atomic mass is 9.93. The molecular formula is C14H15NO5. The van der Waals surface area contributed by atoms with Gasteiger partial charge < -0.3 is 20.3 Å². The van der Waals surface area contributed by atoms with Crippen LogP contribution in [0.3, 0.4) is 0 Å². The summed E-state index contributed by atoms with van der Waals surface area (Å²) in [7, 11) is 0. The lowest BCUT2D eigenvalue weighted by Gasteiger charge is -2.13. The zero-order valence-electron chi connectivity index (χ0n) is 10.6. The Hall–Kier alpha value is -2.34. The Labute approximate surface area is 114 Å². The van der Waals surface area contributed by atoms with Gasteiger partial charge in [0.1, 0.15) is 0 Å². The fraction of sp³-hybridized carbons (Fsp3) is 0.286. The third-order valence-electron chi connectivity index (χ3n) is 3.28. The number of hydrogen-bond donors (Lipinski definition) is 4. The number of H-pyrrole nitrogens is 1. The van der Waals surface area contributed by atoms with Crippen LogP contribution in [0.25, 0.3) is 10.9 Å². The number of carboxylic acids is 2. The van der Waals surface area contributed by atoms with E-state index in [9.17, 15) is 14.7 Å². The number of rotatable bonds is 6. The number of hydrogen-bond acceptors (Lipinski definition) is 3. The van der Waals surface area contributed by atoms with E-state index in [-0.39, 0.29) is 12.8 Å². The van der Waals surface area contributed by atoms with Crippen molar-refractivity contribution in [2.24, 2.45) is 5.92 Å². The van der Waals surface area contributed by atoms with Crippen molar-refractivity contribution in [3.8, 4) is 0 Å². The molecule has 2 atom stereocenters. The van der Waals surface area contributed by atoms with Gasteiger partial charge in [0.15, 0.2) is 6.10 Å². The molecule has 1 heterocycles. The molecule has 0 aliphatic rings. The Balaban J connectivity index is 2.20. The van der Waals surface area contributed by atoms with Crippen LogP contribution in [0.4, 0.5) is 0 Å². The van der Waals surface area contributed by atoms with Gasteiger partial charge >= 0.3 is 11.9 Å². The Morgan fingerprint density at radius 2 is 1.85 bits per heavy atom.